The summed E-state index contributed by atoms with van der Waals surface area (Å²) in [4.78, 5) is 16.6. The topological polar surface area (TPSA) is 41.4 Å². The SMILES string of the molecule is O=C(Cn1cc(Cl)cn1)N1CCN(Cc2ccccc2Br)CC1. The van der Waals surface area contributed by atoms with E-state index in [0.29, 0.717) is 5.02 Å². The minimum absolute atomic E-state index is 0.0882. The number of carbonyl (C=O) groups excluding carboxylic acids is 1. The fourth-order valence-corrected chi connectivity index (χ4v) is 3.25. The van der Waals surface area contributed by atoms with Crippen LogP contribution in [0.15, 0.2) is 41.1 Å². The molecule has 23 heavy (non-hydrogen) atoms. The maximum atomic E-state index is 12.3. The summed E-state index contributed by atoms with van der Waals surface area (Å²) in [5.74, 6) is 0.0882. The van der Waals surface area contributed by atoms with Gasteiger partial charge in [0.1, 0.15) is 6.54 Å². The Kier molecular flexibility index (Phi) is 5.35. The highest BCUT2D eigenvalue weighted by molar-refractivity contribution is 9.10. The number of hydrogen-bond acceptors (Lipinski definition) is 3. The standard InChI is InChI=1S/C16H18BrClN4O/c17-15-4-2-1-3-13(15)10-20-5-7-21(8-6-20)16(23)12-22-11-14(18)9-19-22/h1-4,9,11H,5-8,10,12H2. The van der Waals surface area contributed by atoms with Crippen LogP contribution < -0.4 is 0 Å². The van der Waals surface area contributed by atoms with Gasteiger partial charge in [-0.15, -0.1) is 0 Å². The lowest BCUT2D eigenvalue weighted by atomic mass is 10.2. The first kappa shape index (κ1) is 16.5. The number of hydrogen-bond donors (Lipinski definition) is 0. The molecule has 1 aliphatic rings. The van der Waals surface area contributed by atoms with Gasteiger partial charge in [-0.1, -0.05) is 45.7 Å². The third-order valence-electron chi connectivity index (χ3n) is 3.98. The third kappa shape index (κ3) is 4.34. The summed E-state index contributed by atoms with van der Waals surface area (Å²) in [6.45, 7) is 4.41. The summed E-state index contributed by atoms with van der Waals surface area (Å²) >= 11 is 9.41. The van der Waals surface area contributed by atoms with Crippen LogP contribution in [0.3, 0.4) is 0 Å². The van der Waals surface area contributed by atoms with Crippen LogP contribution in [-0.2, 0) is 17.9 Å². The van der Waals surface area contributed by atoms with E-state index in [2.05, 4.69) is 44.1 Å². The maximum absolute atomic E-state index is 12.3. The van der Waals surface area contributed by atoms with Crippen molar-refractivity contribution in [2.45, 2.75) is 13.1 Å². The van der Waals surface area contributed by atoms with E-state index in [1.54, 1.807) is 17.1 Å². The predicted molar refractivity (Wildman–Crippen MR) is 93.2 cm³/mol. The van der Waals surface area contributed by atoms with Gasteiger partial charge in [0, 0.05) is 43.4 Å². The fraction of sp³-hybridized carbons (Fsp3) is 0.375. The van der Waals surface area contributed by atoms with Crippen LogP contribution in [0.5, 0.6) is 0 Å². The molecular weight excluding hydrogens is 380 g/mol. The number of piperazine rings is 1. The van der Waals surface area contributed by atoms with Crippen LogP contribution in [0.1, 0.15) is 5.56 Å². The molecule has 0 N–H and O–H groups in total. The van der Waals surface area contributed by atoms with Crippen LogP contribution in [0.2, 0.25) is 5.02 Å². The molecule has 7 heteroatoms. The van der Waals surface area contributed by atoms with Crippen LogP contribution in [0, 0.1) is 0 Å². The van der Waals surface area contributed by atoms with E-state index >= 15 is 0 Å². The molecule has 3 rings (SSSR count). The molecule has 0 atom stereocenters. The highest BCUT2D eigenvalue weighted by atomic mass is 79.9. The second-order valence-electron chi connectivity index (χ2n) is 5.60. The number of aromatic nitrogens is 2. The van der Waals surface area contributed by atoms with Gasteiger partial charge >= 0.3 is 0 Å². The molecule has 0 unspecified atom stereocenters. The number of carbonyl (C=O) groups is 1. The van der Waals surface area contributed by atoms with E-state index in [-0.39, 0.29) is 12.5 Å². The lowest BCUT2D eigenvalue weighted by molar-refractivity contribution is -0.133. The molecule has 2 aromatic rings. The maximum Gasteiger partial charge on any atom is 0.244 e. The molecule has 1 aromatic heterocycles. The minimum atomic E-state index is 0.0882. The van der Waals surface area contributed by atoms with Crippen molar-refractivity contribution in [2.24, 2.45) is 0 Å². The molecule has 0 bridgehead atoms. The highest BCUT2D eigenvalue weighted by Gasteiger charge is 2.21. The van der Waals surface area contributed by atoms with Gasteiger partial charge in [0.25, 0.3) is 0 Å². The zero-order valence-corrected chi connectivity index (χ0v) is 15.0. The van der Waals surface area contributed by atoms with Crippen molar-refractivity contribution in [3.8, 4) is 0 Å². The van der Waals surface area contributed by atoms with E-state index in [0.717, 1.165) is 37.2 Å². The van der Waals surface area contributed by atoms with Crippen molar-refractivity contribution in [3.63, 3.8) is 0 Å². The summed E-state index contributed by atoms with van der Waals surface area (Å²) < 4.78 is 2.71. The summed E-state index contributed by atoms with van der Waals surface area (Å²) in [7, 11) is 0. The Morgan fingerprint density at radius 3 is 2.61 bits per heavy atom. The number of halogens is 2. The van der Waals surface area contributed by atoms with Crippen LogP contribution in [0.25, 0.3) is 0 Å². The van der Waals surface area contributed by atoms with Crippen molar-refractivity contribution >= 4 is 33.4 Å². The first-order chi connectivity index (χ1) is 11.1. The molecule has 1 amide bonds. The summed E-state index contributed by atoms with van der Waals surface area (Å²) in [6, 6.07) is 8.26. The minimum Gasteiger partial charge on any atom is -0.339 e. The lowest BCUT2D eigenvalue weighted by Gasteiger charge is -2.34. The first-order valence-electron chi connectivity index (χ1n) is 7.53. The molecule has 1 aliphatic heterocycles. The Morgan fingerprint density at radius 1 is 1.22 bits per heavy atom. The van der Waals surface area contributed by atoms with Crippen molar-refractivity contribution < 1.29 is 4.79 Å². The molecule has 0 radical (unpaired) electrons. The third-order valence-corrected chi connectivity index (χ3v) is 4.94. The predicted octanol–water partition coefficient (Wildman–Crippen LogP) is 2.64. The van der Waals surface area contributed by atoms with Crippen LogP contribution in [-0.4, -0.2) is 51.7 Å². The van der Waals surface area contributed by atoms with Gasteiger partial charge in [-0.05, 0) is 11.6 Å². The quantitative estimate of drug-likeness (QED) is 0.796. The number of nitrogens with zero attached hydrogens (tertiary/aromatic N) is 4. The molecule has 1 aromatic carbocycles. The summed E-state index contributed by atoms with van der Waals surface area (Å²) in [5, 5.41) is 4.60. The molecule has 122 valence electrons. The smallest absolute Gasteiger partial charge is 0.244 e. The number of benzene rings is 1. The van der Waals surface area contributed by atoms with Crippen LogP contribution in [0.4, 0.5) is 0 Å². The van der Waals surface area contributed by atoms with E-state index in [4.69, 9.17) is 11.6 Å². The van der Waals surface area contributed by atoms with E-state index in [1.165, 1.54) is 5.56 Å². The fourth-order valence-electron chi connectivity index (χ4n) is 2.69. The number of rotatable bonds is 4. The normalized spacial score (nSPS) is 15.8. The molecule has 0 spiro atoms. The van der Waals surface area contributed by atoms with Crippen molar-refractivity contribution in [1.29, 1.82) is 0 Å². The van der Waals surface area contributed by atoms with E-state index in [1.807, 2.05) is 11.0 Å². The molecule has 1 saturated heterocycles. The largest absolute Gasteiger partial charge is 0.339 e. The Morgan fingerprint density at radius 2 is 1.96 bits per heavy atom. The average Bonchev–Trinajstić information content (AvgIpc) is 2.95. The van der Waals surface area contributed by atoms with Crippen LogP contribution >= 0.6 is 27.5 Å². The van der Waals surface area contributed by atoms with Gasteiger partial charge in [-0.3, -0.25) is 14.4 Å². The van der Waals surface area contributed by atoms with E-state index in [9.17, 15) is 4.79 Å². The zero-order valence-electron chi connectivity index (χ0n) is 12.7. The summed E-state index contributed by atoms with van der Waals surface area (Å²) in [5.41, 5.74) is 1.28. The summed E-state index contributed by atoms with van der Waals surface area (Å²) in [6.07, 6.45) is 3.22. The lowest BCUT2D eigenvalue weighted by Crippen LogP contribution is -2.49. The molecule has 0 aliphatic carbocycles. The van der Waals surface area contributed by atoms with Gasteiger partial charge in [0.2, 0.25) is 5.91 Å². The van der Waals surface area contributed by atoms with Crippen molar-refractivity contribution in [3.05, 3.63) is 51.7 Å². The van der Waals surface area contributed by atoms with Crippen molar-refractivity contribution in [1.82, 2.24) is 19.6 Å². The van der Waals surface area contributed by atoms with Gasteiger partial charge in [-0.2, -0.15) is 5.10 Å². The molecule has 1 fully saturated rings. The molecule has 0 saturated carbocycles. The van der Waals surface area contributed by atoms with Gasteiger partial charge in [0.05, 0.1) is 11.2 Å². The van der Waals surface area contributed by atoms with Crippen molar-refractivity contribution in [2.75, 3.05) is 26.2 Å². The monoisotopic (exact) mass is 396 g/mol. The van der Waals surface area contributed by atoms with Gasteiger partial charge in [-0.25, -0.2) is 0 Å². The average molecular weight is 398 g/mol. The zero-order chi connectivity index (χ0) is 16.2. The Balaban J connectivity index is 1.50. The highest BCUT2D eigenvalue weighted by Crippen LogP contribution is 2.18. The Hall–Kier alpha value is -1.37. The molecular formula is C16H18BrClN4O. The first-order valence-corrected chi connectivity index (χ1v) is 8.70. The van der Waals surface area contributed by atoms with Gasteiger partial charge < -0.3 is 4.90 Å². The Labute approximate surface area is 148 Å². The van der Waals surface area contributed by atoms with E-state index < -0.39 is 0 Å². The second-order valence-corrected chi connectivity index (χ2v) is 6.90. The molecule has 5 nitrogen and oxygen atoms in total. The van der Waals surface area contributed by atoms with Gasteiger partial charge in [0.15, 0.2) is 0 Å². The molecule has 2 heterocycles. The second kappa shape index (κ2) is 7.47. The number of amides is 1. The Bertz CT molecular complexity index is 682.